The van der Waals surface area contributed by atoms with Crippen LogP contribution >= 0.6 is 0 Å². The zero-order chi connectivity index (χ0) is 22.3. The first-order chi connectivity index (χ1) is 15.5. The molecule has 0 bridgehead atoms. The summed E-state index contributed by atoms with van der Waals surface area (Å²) < 4.78 is 2.20. The summed E-state index contributed by atoms with van der Waals surface area (Å²) in [5.74, 6) is 6.77. The molecule has 6 rings (SSSR count). The lowest BCUT2D eigenvalue weighted by molar-refractivity contribution is -0.0654. The van der Waals surface area contributed by atoms with Crippen molar-refractivity contribution in [2.24, 2.45) is 46.8 Å². The van der Waals surface area contributed by atoms with Crippen LogP contribution in [0.5, 0.6) is 0 Å². The maximum Gasteiger partial charge on any atom is 0.0593 e. The molecule has 0 amide bonds. The Hall–Kier alpha value is -1.05. The van der Waals surface area contributed by atoms with Crippen LogP contribution in [-0.2, 0) is 6.54 Å². The molecule has 2 nitrogen and oxygen atoms in total. The van der Waals surface area contributed by atoms with E-state index in [1.165, 1.54) is 77.0 Å². The van der Waals surface area contributed by atoms with Gasteiger partial charge in [-0.05, 0) is 125 Å². The lowest BCUT2D eigenvalue weighted by Gasteiger charge is -2.56. The van der Waals surface area contributed by atoms with Gasteiger partial charge in [0.2, 0.25) is 0 Å². The largest absolute Gasteiger partial charge is 0.272 e. The topological polar surface area (TPSA) is 17.8 Å². The molecule has 1 aromatic heterocycles. The molecule has 0 spiro atoms. The molecule has 0 aromatic carbocycles. The van der Waals surface area contributed by atoms with Gasteiger partial charge in [0, 0.05) is 12.7 Å². The zero-order valence-corrected chi connectivity index (χ0v) is 21.4. The molecule has 5 fully saturated rings. The molecule has 3 unspecified atom stereocenters. The summed E-state index contributed by atoms with van der Waals surface area (Å²) >= 11 is 0. The number of fused-ring (bicyclic) bond motifs is 5. The Balaban J connectivity index is 0.000000666. The highest BCUT2D eigenvalue weighted by Crippen LogP contribution is 2.65. The van der Waals surface area contributed by atoms with E-state index in [1.54, 1.807) is 5.57 Å². The molecule has 1 heterocycles. The molecule has 32 heavy (non-hydrogen) atoms. The second kappa shape index (κ2) is 9.30. The summed E-state index contributed by atoms with van der Waals surface area (Å²) in [7, 11) is 0. The third-order valence-electron chi connectivity index (χ3n) is 10.6. The molecule has 1 aromatic rings. The van der Waals surface area contributed by atoms with Crippen LogP contribution < -0.4 is 0 Å². The number of aryl methyl sites for hydroxylation is 1. The van der Waals surface area contributed by atoms with E-state index in [1.807, 2.05) is 0 Å². The number of aromatic nitrogens is 2. The van der Waals surface area contributed by atoms with Gasteiger partial charge in [-0.25, -0.2) is 0 Å². The first-order valence-corrected chi connectivity index (χ1v) is 14.1. The number of nitrogens with zero attached hydrogens (tertiary/aromatic N) is 2. The molecule has 5 saturated carbocycles. The van der Waals surface area contributed by atoms with Gasteiger partial charge in [-0.3, -0.25) is 4.68 Å². The fourth-order valence-electron chi connectivity index (χ4n) is 8.95. The van der Waals surface area contributed by atoms with Crippen LogP contribution in [0.25, 0.3) is 0 Å². The Labute approximate surface area is 197 Å². The molecule has 0 radical (unpaired) electrons. The zero-order valence-electron chi connectivity index (χ0n) is 21.4. The molecule has 0 N–H and O–H groups in total. The minimum absolute atomic E-state index is 0.582. The van der Waals surface area contributed by atoms with Gasteiger partial charge in [-0.1, -0.05) is 44.8 Å². The molecule has 178 valence electrons. The highest BCUT2D eigenvalue weighted by Gasteiger charge is 2.57. The average molecular weight is 437 g/mol. The van der Waals surface area contributed by atoms with E-state index in [0.29, 0.717) is 5.41 Å². The lowest BCUT2D eigenvalue weighted by Crippen LogP contribution is -2.49. The van der Waals surface area contributed by atoms with Crippen molar-refractivity contribution in [3.63, 3.8) is 0 Å². The summed E-state index contributed by atoms with van der Waals surface area (Å²) in [6.45, 7) is 10.7. The van der Waals surface area contributed by atoms with Crippen LogP contribution in [0, 0.1) is 53.8 Å². The monoisotopic (exact) mass is 436 g/mol. The number of hydrogen-bond donors (Lipinski definition) is 0. The van der Waals surface area contributed by atoms with Gasteiger partial charge in [0.05, 0.1) is 5.69 Å². The molecule has 2 heteroatoms. The predicted molar refractivity (Wildman–Crippen MR) is 134 cm³/mol. The van der Waals surface area contributed by atoms with Crippen LogP contribution in [0.1, 0.15) is 104 Å². The first kappa shape index (κ1) is 22.7. The van der Waals surface area contributed by atoms with E-state index < -0.39 is 0 Å². The van der Waals surface area contributed by atoms with Crippen molar-refractivity contribution < 1.29 is 0 Å². The number of allylic oxidation sites excluding steroid dienone is 2. The SMILES string of the molecule is C/C=C1\CC[C@H]2[C@H](CCC3[C@@H]2CCC2(C)[C@@H](C(C)Cn4ccc(C)n4)CC[C@@H]32)C1.C1CC1. The minimum atomic E-state index is 0.582. The average Bonchev–Trinajstić information content (AvgIpc) is 3.56. The summed E-state index contributed by atoms with van der Waals surface area (Å²) in [6.07, 6.45) is 22.4. The van der Waals surface area contributed by atoms with E-state index in [9.17, 15) is 0 Å². The Morgan fingerprint density at radius 1 is 1.06 bits per heavy atom. The summed E-state index contributed by atoms with van der Waals surface area (Å²) in [5.41, 5.74) is 3.49. The van der Waals surface area contributed by atoms with Gasteiger partial charge >= 0.3 is 0 Å². The van der Waals surface area contributed by atoms with E-state index in [2.05, 4.69) is 55.8 Å². The van der Waals surface area contributed by atoms with Crippen molar-refractivity contribution in [1.29, 1.82) is 0 Å². The highest BCUT2D eigenvalue weighted by atomic mass is 15.3. The maximum absolute atomic E-state index is 4.68. The number of rotatable bonds is 3. The van der Waals surface area contributed by atoms with Gasteiger partial charge in [-0.15, -0.1) is 0 Å². The Morgan fingerprint density at radius 3 is 2.56 bits per heavy atom. The van der Waals surface area contributed by atoms with Crippen LogP contribution in [0.3, 0.4) is 0 Å². The molecule has 5 aliphatic rings. The Bertz CT molecular complexity index is 801. The van der Waals surface area contributed by atoms with Crippen molar-refractivity contribution in [2.45, 2.75) is 111 Å². The first-order valence-electron chi connectivity index (χ1n) is 14.1. The molecule has 0 saturated heterocycles. The second-order valence-electron chi connectivity index (χ2n) is 12.6. The maximum atomic E-state index is 4.68. The smallest absolute Gasteiger partial charge is 0.0593 e. The minimum Gasteiger partial charge on any atom is -0.272 e. The van der Waals surface area contributed by atoms with E-state index in [0.717, 1.165) is 53.7 Å². The fraction of sp³-hybridized carbons (Fsp3) is 0.833. The summed E-state index contributed by atoms with van der Waals surface area (Å²) in [4.78, 5) is 0. The third-order valence-corrected chi connectivity index (χ3v) is 10.6. The standard InChI is InChI=1S/C27H42N2.C3H6/c1-5-20-6-8-22-21(16-20)7-9-24-23(22)12-14-27(4)25(10-11-26(24)27)18(2)17-29-15-13-19(3)28-29;1-2-3-1/h5,13,15,18,21-26H,6-12,14,16-17H2,1-4H3;1-3H2/b20-5+;/t18?,21-,22+,23-,24?,25-,26+,27?;/m1./s1. The van der Waals surface area contributed by atoms with Crippen molar-refractivity contribution in [3.8, 4) is 0 Å². The van der Waals surface area contributed by atoms with Crippen LogP contribution in [-0.4, -0.2) is 9.78 Å². The molecule has 8 atom stereocenters. The van der Waals surface area contributed by atoms with Gasteiger partial charge in [0.1, 0.15) is 0 Å². The lowest BCUT2D eigenvalue weighted by atomic mass is 9.49. The molecule has 5 aliphatic carbocycles. The van der Waals surface area contributed by atoms with E-state index >= 15 is 0 Å². The van der Waals surface area contributed by atoms with E-state index in [-0.39, 0.29) is 0 Å². The van der Waals surface area contributed by atoms with Crippen molar-refractivity contribution in [3.05, 3.63) is 29.6 Å². The van der Waals surface area contributed by atoms with Crippen LogP contribution in [0.4, 0.5) is 0 Å². The summed E-state index contributed by atoms with van der Waals surface area (Å²) in [6, 6.07) is 2.15. The van der Waals surface area contributed by atoms with E-state index in [4.69, 9.17) is 0 Å². The third kappa shape index (κ3) is 4.37. The fourth-order valence-corrected chi connectivity index (χ4v) is 8.95. The molecule has 0 aliphatic heterocycles. The van der Waals surface area contributed by atoms with Crippen molar-refractivity contribution in [1.82, 2.24) is 9.78 Å². The van der Waals surface area contributed by atoms with Gasteiger partial charge < -0.3 is 0 Å². The van der Waals surface area contributed by atoms with Crippen molar-refractivity contribution >= 4 is 0 Å². The van der Waals surface area contributed by atoms with Crippen molar-refractivity contribution in [2.75, 3.05) is 0 Å². The normalized spacial score (nSPS) is 42.3. The van der Waals surface area contributed by atoms with Crippen LogP contribution in [0.2, 0.25) is 0 Å². The molecular formula is C30H48N2. The number of hydrogen-bond acceptors (Lipinski definition) is 1. The predicted octanol–water partition coefficient (Wildman–Crippen LogP) is 8.21. The van der Waals surface area contributed by atoms with Crippen LogP contribution in [0.15, 0.2) is 23.9 Å². The summed E-state index contributed by atoms with van der Waals surface area (Å²) in [5, 5.41) is 4.68. The highest BCUT2D eigenvalue weighted by molar-refractivity contribution is 5.11. The molecular weight excluding hydrogens is 388 g/mol. The van der Waals surface area contributed by atoms with Gasteiger partial charge in [0.25, 0.3) is 0 Å². The van der Waals surface area contributed by atoms with Gasteiger partial charge in [0.15, 0.2) is 0 Å². The quantitative estimate of drug-likeness (QED) is 0.436. The second-order valence-corrected chi connectivity index (χ2v) is 12.6. The Kier molecular flexibility index (Phi) is 6.61. The van der Waals surface area contributed by atoms with Gasteiger partial charge in [-0.2, -0.15) is 5.10 Å². The Morgan fingerprint density at radius 2 is 1.88 bits per heavy atom.